The summed E-state index contributed by atoms with van der Waals surface area (Å²) < 4.78 is 1.91. The summed E-state index contributed by atoms with van der Waals surface area (Å²) in [7, 11) is 0. The van der Waals surface area contributed by atoms with E-state index < -0.39 is 0 Å². The van der Waals surface area contributed by atoms with Crippen LogP contribution in [0.2, 0.25) is 0 Å². The van der Waals surface area contributed by atoms with E-state index in [1.54, 1.807) is 0 Å². The molecular formula is C24H25N7. The van der Waals surface area contributed by atoms with E-state index in [2.05, 4.69) is 81.6 Å². The van der Waals surface area contributed by atoms with Crippen molar-refractivity contribution in [3.63, 3.8) is 0 Å². The molecule has 7 heteroatoms. The van der Waals surface area contributed by atoms with Gasteiger partial charge in [-0.2, -0.15) is 10.3 Å². The van der Waals surface area contributed by atoms with E-state index in [9.17, 15) is 0 Å². The van der Waals surface area contributed by atoms with E-state index >= 15 is 0 Å². The van der Waals surface area contributed by atoms with Crippen LogP contribution in [0, 0.1) is 11.8 Å². The maximum atomic E-state index is 4.73. The molecule has 156 valence electrons. The number of aromatic nitrogens is 7. The predicted octanol–water partition coefficient (Wildman–Crippen LogP) is 4.45. The summed E-state index contributed by atoms with van der Waals surface area (Å²) in [5.74, 6) is 8.75. The highest BCUT2D eigenvalue weighted by molar-refractivity contribution is 5.80. The van der Waals surface area contributed by atoms with Crippen LogP contribution < -0.4 is 0 Å². The molecule has 0 aliphatic rings. The number of rotatable bonds is 6. The molecule has 0 amide bonds. The fraction of sp³-hybridized carbons (Fsp3) is 0.292. The minimum Gasteiger partial charge on any atom is -0.234 e. The molecule has 0 saturated heterocycles. The van der Waals surface area contributed by atoms with Crippen molar-refractivity contribution in [2.45, 2.75) is 46.1 Å². The zero-order valence-electron chi connectivity index (χ0n) is 18.0. The first-order valence-corrected chi connectivity index (χ1v) is 10.5. The van der Waals surface area contributed by atoms with E-state index in [-0.39, 0.29) is 0 Å². The minimum atomic E-state index is 0.312. The van der Waals surface area contributed by atoms with Crippen LogP contribution in [0.15, 0.2) is 48.5 Å². The summed E-state index contributed by atoms with van der Waals surface area (Å²) in [6.45, 7) is 6.96. The van der Waals surface area contributed by atoms with Gasteiger partial charge in [0.1, 0.15) is 0 Å². The highest BCUT2D eigenvalue weighted by atomic mass is 15.5. The highest BCUT2D eigenvalue weighted by Gasteiger charge is 2.14. The van der Waals surface area contributed by atoms with Crippen LogP contribution in [-0.2, 0) is 6.54 Å². The number of benzene rings is 2. The molecule has 0 spiro atoms. The highest BCUT2D eigenvalue weighted by Crippen LogP contribution is 2.29. The van der Waals surface area contributed by atoms with Gasteiger partial charge in [0.2, 0.25) is 11.6 Å². The van der Waals surface area contributed by atoms with Gasteiger partial charge in [-0.15, -0.1) is 10.2 Å². The van der Waals surface area contributed by atoms with E-state index in [0.717, 1.165) is 46.7 Å². The first-order chi connectivity index (χ1) is 15.2. The summed E-state index contributed by atoms with van der Waals surface area (Å²) in [6, 6.07) is 16.5. The Bertz CT molecular complexity index is 1190. The molecule has 2 aromatic heterocycles. The van der Waals surface area contributed by atoms with Crippen molar-refractivity contribution < 1.29 is 0 Å². The largest absolute Gasteiger partial charge is 0.234 e. The second-order valence-corrected chi connectivity index (χ2v) is 7.39. The van der Waals surface area contributed by atoms with Crippen molar-refractivity contribution in [1.29, 1.82) is 0 Å². The number of nitrogens with zero attached hydrogens (tertiary/aromatic N) is 6. The number of aromatic amines is 1. The fourth-order valence-electron chi connectivity index (χ4n) is 3.29. The van der Waals surface area contributed by atoms with Gasteiger partial charge in [-0.25, -0.2) is 9.67 Å². The molecule has 0 bridgehead atoms. The average Bonchev–Trinajstić information content (AvgIpc) is 3.48. The molecule has 1 N–H and O–H groups in total. The van der Waals surface area contributed by atoms with E-state index in [4.69, 9.17) is 5.10 Å². The predicted molar refractivity (Wildman–Crippen MR) is 120 cm³/mol. The van der Waals surface area contributed by atoms with Crippen molar-refractivity contribution in [1.82, 2.24) is 35.4 Å². The minimum absolute atomic E-state index is 0.312. The number of nitrogens with one attached hydrogen (secondary N) is 1. The van der Waals surface area contributed by atoms with Gasteiger partial charge in [-0.1, -0.05) is 75.2 Å². The Morgan fingerprint density at radius 2 is 1.81 bits per heavy atom. The third-order valence-corrected chi connectivity index (χ3v) is 5.23. The molecule has 4 aromatic rings. The molecular weight excluding hydrogens is 386 g/mol. The monoisotopic (exact) mass is 411 g/mol. The zero-order chi connectivity index (χ0) is 21.6. The van der Waals surface area contributed by atoms with E-state index in [1.165, 1.54) is 0 Å². The maximum absolute atomic E-state index is 4.73. The molecule has 7 nitrogen and oxygen atoms in total. The first kappa shape index (κ1) is 20.5. The molecule has 0 radical (unpaired) electrons. The molecule has 4 rings (SSSR count). The van der Waals surface area contributed by atoms with Gasteiger partial charge in [0.25, 0.3) is 0 Å². The summed E-state index contributed by atoms with van der Waals surface area (Å²) in [6.07, 6.45) is 1.79. The summed E-state index contributed by atoms with van der Waals surface area (Å²) in [4.78, 5) is 4.68. The molecule has 0 aliphatic carbocycles. The van der Waals surface area contributed by atoms with Gasteiger partial charge in [0, 0.05) is 17.9 Å². The maximum Gasteiger partial charge on any atom is 0.205 e. The Hall–Kier alpha value is -3.79. The van der Waals surface area contributed by atoms with Crippen LogP contribution in [-0.4, -0.2) is 35.4 Å². The van der Waals surface area contributed by atoms with Gasteiger partial charge in [-0.05, 0) is 34.2 Å². The van der Waals surface area contributed by atoms with Gasteiger partial charge < -0.3 is 0 Å². The summed E-state index contributed by atoms with van der Waals surface area (Å²) >= 11 is 0. The molecule has 0 saturated carbocycles. The number of hydrogen-bond acceptors (Lipinski definition) is 5. The van der Waals surface area contributed by atoms with Gasteiger partial charge in [0.15, 0.2) is 5.82 Å². The van der Waals surface area contributed by atoms with Crippen LogP contribution in [0.4, 0.5) is 0 Å². The van der Waals surface area contributed by atoms with Crippen LogP contribution >= 0.6 is 0 Å². The second kappa shape index (κ2) is 9.35. The number of H-pyrrole nitrogens is 1. The molecule has 31 heavy (non-hydrogen) atoms. The smallest absolute Gasteiger partial charge is 0.205 e. The molecule has 0 fully saturated rings. The standard InChI is InChI=1S/C24H25N7/c1-4-6-11-22-25-23(17(3)5-2)28-31(22)16-18-12-14-19(15-13-18)20-9-7-8-10-21(20)24-26-29-30-27-24/h7-10,12-15,17H,4-5,16H2,1-3H3,(H,26,27,29,30). The summed E-state index contributed by atoms with van der Waals surface area (Å²) in [5, 5.41) is 19.2. The SMILES string of the molecule is CCC#Cc1nc(C(C)CC)nn1Cc1ccc(-c2ccccc2-c2nn[nH]n2)cc1. The van der Waals surface area contributed by atoms with Crippen molar-refractivity contribution in [2.24, 2.45) is 0 Å². The molecule has 1 atom stereocenters. The lowest BCUT2D eigenvalue weighted by molar-refractivity contribution is 0.627. The third-order valence-electron chi connectivity index (χ3n) is 5.23. The van der Waals surface area contributed by atoms with Crippen molar-refractivity contribution in [3.8, 4) is 34.4 Å². The lowest BCUT2D eigenvalue weighted by atomic mass is 9.98. The molecule has 2 aromatic carbocycles. The van der Waals surface area contributed by atoms with Gasteiger partial charge in [0.05, 0.1) is 6.54 Å². The van der Waals surface area contributed by atoms with Gasteiger partial charge >= 0.3 is 0 Å². The Labute approximate surface area is 181 Å². The van der Waals surface area contributed by atoms with Crippen LogP contribution in [0.3, 0.4) is 0 Å². The normalized spacial score (nSPS) is 11.7. The molecule has 1 unspecified atom stereocenters. The van der Waals surface area contributed by atoms with Gasteiger partial charge in [-0.3, -0.25) is 0 Å². The summed E-state index contributed by atoms with van der Waals surface area (Å²) in [5.41, 5.74) is 4.23. The second-order valence-electron chi connectivity index (χ2n) is 7.39. The molecule has 2 heterocycles. The van der Waals surface area contributed by atoms with Crippen LogP contribution in [0.25, 0.3) is 22.5 Å². The first-order valence-electron chi connectivity index (χ1n) is 10.5. The molecule has 0 aliphatic heterocycles. The Morgan fingerprint density at radius 3 is 2.48 bits per heavy atom. The van der Waals surface area contributed by atoms with E-state index in [0.29, 0.717) is 18.3 Å². The lowest BCUT2D eigenvalue weighted by Gasteiger charge is -2.08. The third kappa shape index (κ3) is 4.53. The van der Waals surface area contributed by atoms with Crippen LogP contribution in [0.5, 0.6) is 0 Å². The topological polar surface area (TPSA) is 85.2 Å². The van der Waals surface area contributed by atoms with Crippen molar-refractivity contribution in [3.05, 3.63) is 65.7 Å². The Kier molecular flexibility index (Phi) is 6.18. The quantitative estimate of drug-likeness (QED) is 0.474. The Balaban J connectivity index is 1.61. The Morgan fingerprint density at radius 1 is 1.03 bits per heavy atom. The lowest BCUT2D eigenvalue weighted by Crippen LogP contribution is -2.05. The average molecular weight is 412 g/mol. The fourth-order valence-corrected chi connectivity index (χ4v) is 3.29. The van der Waals surface area contributed by atoms with Crippen molar-refractivity contribution >= 4 is 0 Å². The number of tetrazole rings is 1. The number of hydrogen-bond donors (Lipinski definition) is 1. The van der Waals surface area contributed by atoms with E-state index in [1.807, 2.05) is 29.8 Å². The zero-order valence-corrected chi connectivity index (χ0v) is 18.0. The van der Waals surface area contributed by atoms with Crippen LogP contribution in [0.1, 0.15) is 56.7 Å². The van der Waals surface area contributed by atoms with Crippen molar-refractivity contribution in [2.75, 3.05) is 0 Å².